The van der Waals surface area contributed by atoms with Crippen LogP contribution in [0.5, 0.6) is 5.75 Å². The van der Waals surface area contributed by atoms with Crippen LogP contribution in [-0.2, 0) is 7.05 Å². The second-order valence-corrected chi connectivity index (χ2v) is 7.04. The van der Waals surface area contributed by atoms with Crippen molar-refractivity contribution in [2.24, 2.45) is 7.05 Å². The first kappa shape index (κ1) is 15.3. The highest BCUT2D eigenvalue weighted by atomic mass is 16.5. The quantitative estimate of drug-likeness (QED) is 0.865. The Morgan fingerprint density at radius 2 is 1.75 bits per heavy atom. The molecule has 126 valence electrons. The lowest BCUT2D eigenvalue weighted by molar-refractivity contribution is 0.0561. The van der Waals surface area contributed by atoms with Gasteiger partial charge in [-0.05, 0) is 61.4 Å². The molecule has 0 aliphatic carbocycles. The van der Waals surface area contributed by atoms with Gasteiger partial charge in [0, 0.05) is 25.3 Å². The van der Waals surface area contributed by atoms with E-state index in [1.54, 1.807) is 7.11 Å². The molecular weight excluding hydrogens is 300 g/mol. The third-order valence-corrected chi connectivity index (χ3v) is 5.72. The van der Waals surface area contributed by atoms with E-state index in [1.807, 2.05) is 42.1 Å². The number of carbonyl (C=O) groups is 1. The molecule has 2 saturated heterocycles. The summed E-state index contributed by atoms with van der Waals surface area (Å²) >= 11 is 0. The number of aromatic nitrogens is 1. The zero-order valence-corrected chi connectivity index (χ0v) is 14.3. The van der Waals surface area contributed by atoms with Gasteiger partial charge < -0.3 is 14.2 Å². The van der Waals surface area contributed by atoms with Crippen LogP contribution in [0.4, 0.5) is 0 Å². The Kier molecular flexibility index (Phi) is 3.83. The number of ether oxygens (including phenoxy) is 1. The Bertz CT molecular complexity index is 720. The molecule has 2 aromatic rings. The molecule has 4 rings (SSSR count). The van der Waals surface area contributed by atoms with Crippen molar-refractivity contribution in [2.45, 2.75) is 43.7 Å². The summed E-state index contributed by atoms with van der Waals surface area (Å²) in [6, 6.07) is 13.1. The fourth-order valence-electron chi connectivity index (χ4n) is 4.47. The number of rotatable bonds is 3. The first-order valence-electron chi connectivity index (χ1n) is 8.75. The van der Waals surface area contributed by atoms with Crippen molar-refractivity contribution < 1.29 is 9.53 Å². The predicted molar refractivity (Wildman–Crippen MR) is 93.4 cm³/mol. The summed E-state index contributed by atoms with van der Waals surface area (Å²) in [4.78, 5) is 15.1. The van der Waals surface area contributed by atoms with Gasteiger partial charge in [0.25, 0.3) is 5.91 Å². The van der Waals surface area contributed by atoms with Crippen molar-refractivity contribution in [2.75, 3.05) is 7.11 Å². The SMILES string of the molecule is COc1ccc(C2C[C@H]3CC[C@@H](C2)N3C(=O)c2cccn2C)cc1. The van der Waals surface area contributed by atoms with Crippen LogP contribution in [0.15, 0.2) is 42.6 Å². The van der Waals surface area contributed by atoms with Crippen molar-refractivity contribution in [3.05, 3.63) is 53.9 Å². The van der Waals surface area contributed by atoms with Crippen LogP contribution in [0.3, 0.4) is 0 Å². The summed E-state index contributed by atoms with van der Waals surface area (Å²) < 4.78 is 7.18. The van der Waals surface area contributed by atoms with Gasteiger partial charge >= 0.3 is 0 Å². The van der Waals surface area contributed by atoms with Gasteiger partial charge in [-0.15, -0.1) is 0 Å². The van der Waals surface area contributed by atoms with Gasteiger partial charge in [0.05, 0.1) is 7.11 Å². The zero-order chi connectivity index (χ0) is 16.7. The maximum absolute atomic E-state index is 13.0. The summed E-state index contributed by atoms with van der Waals surface area (Å²) in [6.45, 7) is 0. The molecule has 3 heterocycles. The summed E-state index contributed by atoms with van der Waals surface area (Å²) in [5.41, 5.74) is 2.17. The number of hydrogen-bond acceptors (Lipinski definition) is 2. The smallest absolute Gasteiger partial charge is 0.270 e. The van der Waals surface area contributed by atoms with Crippen molar-refractivity contribution in [3.8, 4) is 5.75 Å². The van der Waals surface area contributed by atoms with E-state index < -0.39 is 0 Å². The topological polar surface area (TPSA) is 34.5 Å². The molecule has 0 radical (unpaired) electrons. The Morgan fingerprint density at radius 3 is 2.29 bits per heavy atom. The number of benzene rings is 1. The molecule has 0 saturated carbocycles. The lowest BCUT2D eigenvalue weighted by Crippen LogP contribution is -2.46. The molecule has 1 amide bonds. The molecule has 2 aliphatic heterocycles. The fourth-order valence-corrected chi connectivity index (χ4v) is 4.47. The van der Waals surface area contributed by atoms with E-state index in [-0.39, 0.29) is 5.91 Å². The van der Waals surface area contributed by atoms with E-state index in [9.17, 15) is 4.79 Å². The van der Waals surface area contributed by atoms with E-state index in [0.29, 0.717) is 18.0 Å². The van der Waals surface area contributed by atoms with Gasteiger partial charge in [-0.1, -0.05) is 12.1 Å². The predicted octanol–water partition coefficient (Wildman–Crippen LogP) is 3.58. The molecule has 3 atom stereocenters. The highest BCUT2D eigenvalue weighted by Gasteiger charge is 2.44. The Labute approximate surface area is 143 Å². The molecule has 0 N–H and O–H groups in total. The van der Waals surface area contributed by atoms with E-state index in [1.165, 1.54) is 5.56 Å². The minimum Gasteiger partial charge on any atom is -0.497 e. The molecule has 2 aliphatic rings. The van der Waals surface area contributed by atoms with Crippen LogP contribution in [0.25, 0.3) is 0 Å². The van der Waals surface area contributed by atoms with E-state index in [4.69, 9.17) is 4.74 Å². The minimum absolute atomic E-state index is 0.197. The molecule has 2 fully saturated rings. The average Bonchev–Trinajstić information content (AvgIpc) is 3.15. The summed E-state index contributed by atoms with van der Waals surface area (Å²) in [6.07, 6.45) is 6.35. The van der Waals surface area contributed by atoms with Crippen molar-refractivity contribution in [1.82, 2.24) is 9.47 Å². The molecule has 4 nitrogen and oxygen atoms in total. The summed E-state index contributed by atoms with van der Waals surface area (Å²) in [5, 5.41) is 0. The van der Waals surface area contributed by atoms with Gasteiger partial charge in [-0.2, -0.15) is 0 Å². The Morgan fingerprint density at radius 1 is 1.08 bits per heavy atom. The van der Waals surface area contributed by atoms with Crippen LogP contribution in [0.1, 0.15) is 47.7 Å². The van der Waals surface area contributed by atoms with Crippen LogP contribution >= 0.6 is 0 Å². The lowest BCUT2D eigenvalue weighted by atomic mass is 9.85. The van der Waals surface area contributed by atoms with Crippen LogP contribution in [0, 0.1) is 0 Å². The maximum atomic E-state index is 13.0. The molecule has 24 heavy (non-hydrogen) atoms. The molecule has 1 unspecified atom stereocenters. The lowest BCUT2D eigenvalue weighted by Gasteiger charge is -2.39. The number of aryl methyl sites for hydroxylation is 1. The number of fused-ring (bicyclic) bond motifs is 2. The van der Waals surface area contributed by atoms with Crippen molar-refractivity contribution in [1.29, 1.82) is 0 Å². The first-order valence-corrected chi connectivity index (χ1v) is 8.75. The summed E-state index contributed by atoms with van der Waals surface area (Å²) in [5.74, 6) is 1.65. The third-order valence-electron chi connectivity index (χ3n) is 5.72. The van der Waals surface area contributed by atoms with Gasteiger partial charge in [0.1, 0.15) is 11.4 Å². The minimum atomic E-state index is 0.197. The highest BCUT2D eigenvalue weighted by molar-refractivity contribution is 5.93. The van der Waals surface area contributed by atoms with Gasteiger partial charge in [0.15, 0.2) is 0 Å². The van der Waals surface area contributed by atoms with Crippen molar-refractivity contribution >= 4 is 5.91 Å². The van der Waals surface area contributed by atoms with Gasteiger partial charge in [-0.3, -0.25) is 4.79 Å². The Balaban J connectivity index is 1.53. The second-order valence-electron chi connectivity index (χ2n) is 7.04. The molecule has 0 spiro atoms. The van der Waals surface area contributed by atoms with Crippen LogP contribution in [0.2, 0.25) is 0 Å². The highest BCUT2D eigenvalue weighted by Crippen LogP contribution is 2.43. The van der Waals surface area contributed by atoms with E-state index in [0.717, 1.165) is 37.1 Å². The molecule has 4 heteroatoms. The average molecular weight is 324 g/mol. The standard InChI is InChI=1S/C20H24N2O2/c1-21-11-3-4-19(21)20(23)22-16-7-8-17(22)13-15(12-16)14-5-9-18(24-2)10-6-14/h3-6,9-11,15-17H,7-8,12-13H2,1-2H3/t15?,16-,17+. The number of methoxy groups -OCH3 is 1. The molecular formula is C20H24N2O2. The molecule has 2 bridgehead atoms. The number of piperidine rings is 1. The van der Waals surface area contributed by atoms with E-state index >= 15 is 0 Å². The van der Waals surface area contributed by atoms with E-state index in [2.05, 4.69) is 17.0 Å². The van der Waals surface area contributed by atoms with Crippen LogP contribution < -0.4 is 4.74 Å². The normalized spacial score (nSPS) is 25.8. The monoisotopic (exact) mass is 324 g/mol. The van der Waals surface area contributed by atoms with Crippen LogP contribution in [-0.4, -0.2) is 34.6 Å². The largest absolute Gasteiger partial charge is 0.497 e. The maximum Gasteiger partial charge on any atom is 0.270 e. The fraction of sp³-hybridized carbons (Fsp3) is 0.450. The first-order chi connectivity index (χ1) is 11.7. The molecule has 1 aromatic heterocycles. The van der Waals surface area contributed by atoms with Gasteiger partial charge in [-0.25, -0.2) is 0 Å². The van der Waals surface area contributed by atoms with Gasteiger partial charge in [0.2, 0.25) is 0 Å². The number of carbonyl (C=O) groups excluding carboxylic acids is 1. The summed E-state index contributed by atoms with van der Waals surface area (Å²) in [7, 11) is 3.64. The zero-order valence-electron chi connectivity index (χ0n) is 14.3. The number of hydrogen-bond donors (Lipinski definition) is 0. The third kappa shape index (κ3) is 2.50. The molecule has 1 aromatic carbocycles. The number of nitrogens with zero attached hydrogens (tertiary/aromatic N) is 2. The Hall–Kier alpha value is -2.23. The number of amides is 1. The second kappa shape index (κ2) is 6.00. The van der Waals surface area contributed by atoms with Crippen molar-refractivity contribution in [3.63, 3.8) is 0 Å².